The van der Waals surface area contributed by atoms with Crippen LogP contribution in [-0.2, 0) is 11.2 Å². The lowest BCUT2D eigenvalue weighted by Crippen LogP contribution is -2.38. The molecule has 1 aromatic heterocycles. The largest absolute Gasteiger partial charge is 0.388 e. The number of aliphatic hydroxyl groups is 1. The van der Waals surface area contributed by atoms with Gasteiger partial charge in [-0.25, -0.2) is 0 Å². The van der Waals surface area contributed by atoms with Crippen molar-refractivity contribution in [1.29, 1.82) is 0 Å². The summed E-state index contributed by atoms with van der Waals surface area (Å²) in [4.78, 5) is 16.9. The van der Waals surface area contributed by atoms with Crippen LogP contribution in [0.5, 0.6) is 0 Å². The van der Waals surface area contributed by atoms with Crippen molar-refractivity contribution in [2.75, 3.05) is 13.2 Å². The van der Waals surface area contributed by atoms with Crippen LogP contribution in [0.25, 0.3) is 5.57 Å². The number of hydrogen-bond donors (Lipinski definition) is 1. The molecular weight excluding hydrogens is 314 g/mol. The number of hydrogen-bond acceptors (Lipinski definition) is 4. The number of ether oxygens (including phenoxy) is 1. The van der Waals surface area contributed by atoms with Crippen molar-refractivity contribution >= 4 is 11.9 Å². The first-order valence-corrected chi connectivity index (χ1v) is 9.52. The van der Waals surface area contributed by atoms with Crippen LogP contribution < -0.4 is 0 Å². The van der Waals surface area contributed by atoms with E-state index in [-0.39, 0.29) is 11.3 Å². The van der Waals surface area contributed by atoms with E-state index in [9.17, 15) is 9.90 Å². The highest BCUT2D eigenvalue weighted by Crippen LogP contribution is 2.54. The second-order valence-corrected chi connectivity index (χ2v) is 8.22. The van der Waals surface area contributed by atoms with Crippen molar-refractivity contribution in [2.24, 2.45) is 5.41 Å². The van der Waals surface area contributed by atoms with E-state index in [1.807, 2.05) is 0 Å². The maximum atomic E-state index is 12.0. The SMILES string of the molecule is CC(C)c1nc2c(c(C3=CCOCC3)c1C=O)C(O)CC1(CCC1)C2. The molecule has 25 heavy (non-hydrogen) atoms. The first kappa shape index (κ1) is 16.9. The smallest absolute Gasteiger partial charge is 0.152 e. The number of rotatable bonds is 3. The second-order valence-electron chi connectivity index (χ2n) is 8.22. The van der Waals surface area contributed by atoms with Gasteiger partial charge in [-0.3, -0.25) is 9.78 Å². The van der Waals surface area contributed by atoms with E-state index in [1.165, 1.54) is 19.3 Å². The van der Waals surface area contributed by atoms with Gasteiger partial charge in [0.05, 0.1) is 25.0 Å². The summed E-state index contributed by atoms with van der Waals surface area (Å²) in [5, 5.41) is 11.0. The van der Waals surface area contributed by atoms with E-state index < -0.39 is 6.10 Å². The maximum absolute atomic E-state index is 12.0. The quantitative estimate of drug-likeness (QED) is 0.845. The van der Waals surface area contributed by atoms with Crippen molar-refractivity contribution in [2.45, 2.75) is 64.4 Å². The molecule has 3 aliphatic rings. The lowest BCUT2D eigenvalue weighted by molar-refractivity contribution is 0.0241. The Morgan fingerprint density at radius 1 is 1.40 bits per heavy atom. The van der Waals surface area contributed by atoms with Gasteiger partial charge in [-0.05, 0) is 54.6 Å². The fourth-order valence-corrected chi connectivity index (χ4v) is 4.83. The minimum atomic E-state index is -0.518. The molecule has 1 aliphatic heterocycles. The minimum absolute atomic E-state index is 0.182. The van der Waals surface area contributed by atoms with Crippen LogP contribution in [-0.4, -0.2) is 29.6 Å². The molecule has 1 aromatic rings. The van der Waals surface area contributed by atoms with E-state index in [0.29, 0.717) is 18.8 Å². The molecule has 1 spiro atoms. The number of carbonyl (C=O) groups is 1. The first-order chi connectivity index (χ1) is 12.0. The molecule has 134 valence electrons. The van der Waals surface area contributed by atoms with Gasteiger partial charge in [0, 0.05) is 16.8 Å². The van der Waals surface area contributed by atoms with Gasteiger partial charge in [0.1, 0.15) is 0 Å². The summed E-state index contributed by atoms with van der Waals surface area (Å²) < 4.78 is 5.46. The van der Waals surface area contributed by atoms with Gasteiger partial charge < -0.3 is 9.84 Å². The van der Waals surface area contributed by atoms with Crippen molar-refractivity contribution in [1.82, 2.24) is 4.98 Å². The molecule has 0 radical (unpaired) electrons. The highest BCUT2D eigenvalue weighted by molar-refractivity contribution is 5.89. The summed E-state index contributed by atoms with van der Waals surface area (Å²) in [6.45, 7) is 5.41. The van der Waals surface area contributed by atoms with Crippen LogP contribution >= 0.6 is 0 Å². The molecule has 2 aliphatic carbocycles. The molecule has 1 unspecified atom stereocenters. The average molecular weight is 341 g/mol. The van der Waals surface area contributed by atoms with Gasteiger partial charge in [-0.2, -0.15) is 0 Å². The lowest BCUT2D eigenvalue weighted by atomic mass is 9.59. The van der Waals surface area contributed by atoms with E-state index in [0.717, 1.165) is 53.6 Å². The van der Waals surface area contributed by atoms with Crippen LogP contribution in [0.15, 0.2) is 6.08 Å². The van der Waals surface area contributed by atoms with E-state index in [1.54, 1.807) is 0 Å². The Morgan fingerprint density at radius 3 is 2.76 bits per heavy atom. The van der Waals surface area contributed by atoms with E-state index in [2.05, 4.69) is 19.9 Å². The molecule has 1 fully saturated rings. The third-order valence-electron chi connectivity index (χ3n) is 6.25. The van der Waals surface area contributed by atoms with Gasteiger partial charge in [-0.1, -0.05) is 26.3 Å². The van der Waals surface area contributed by atoms with Gasteiger partial charge in [0.25, 0.3) is 0 Å². The molecule has 0 saturated heterocycles. The summed E-state index contributed by atoms with van der Waals surface area (Å²) in [5.74, 6) is 0.182. The predicted octanol–water partition coefficient (Wildman–Crippen LogP) is 3.97. The zero-order valence-electron chi connectivity index (χ0n) is 15.2. The molecule has 0 bridgehead atoms. The van der Waals surface area contributed by atoms with Gasteiger partial charge in [0.2, 0.25) is 0 Å². The summed E-state index contributed by atoms with van der Waals surface area (Å²) in [5.41, 5.74) is 5.81. The molecule has 4 rings (SSSR count). The topological polar surface area (TPSA) is 59.4 Å². The Labute approximate surface area is 149 Å². The van der Waals surface area contributed by atoms with Crippen LogP contribution in [0.1, 0.15) is 90.8 Å². The number of fused-ring (bicyclic) bond motifs is 1. The lowest BCUT2D eigenvalue weighted by Gasteiger charge is -2.47. The Kier molecular flexibility index (Phi) is 4.28. The van der Waals surface area contributed by atoms with Crippen LogP contribution in [0.4, 0.5) is 0 Å². The van der Waals surface area contributed by atoms with Crippen LogP contribution in [0.3, 0.4) is 0 Å². The second kappa shape index (κ2) is 6.33. The van der Waals surface area contributed by atoms with Crippen molar-refractivity contribution in [3.8, 4) is 0 Å². The molecular formula is C21H27NO3. The highest BCUT2D eigenvalue weighted by Gasteiger charge is 2.45. The van der Waals surface area contributed by atoms with Gasteiger partial charge >= 0.3 is 0 Å². The Balaban J connectivity index is 1.94. The number of aldehydes is 1. The van der Waals surface area contributed by atoms with Crippen molar-refractivity contribution < 1.29 is 14.6 Å². The first-order valence-electron chi connectivity index (χ1n) is 9.52. The van der Waals surface area contributed by atoms with Crippen LogP contribution in [0.2, 0.25) is 0 Å². The zero-order chi connectivity index (χ0) is 17.6. The number of aliphatic hydroxyl groups excluding tert-OH is 1. The monoisotopic (exact) mass is 341 g/mol. The Morgan fingerprint density at radius 2 is 2.20 bits per heavy atom. The number of pyridine rings is 1. The van der Waals surface area contributed by atoms with Gasteiger partial charge in [0.15, 0.2) is 6.29 Å². The summed E-state index contributed by atoms with van der Waals surface area (Å²) in [6, 6.07) is 0. The van der Waals surface area contributed by atoms with Gasteiger partial charge in [-0.15, -0.1) is 0 Å². The third-order valence-corrected chi connectivity index (χ3v) is 6.25. The molecule has 1 atom stereocenters. The normalized spacial score (nSPS) is 24.6. The van der Waals surface area contributed by atoms with Crippen molar-refractivity contribution in [3.63, 3.8) is 0 Å². The summed E-state index contributed by atoms with van der Waals surface area (Å²) in [6.07, 6.45) is 8.63. The standard InChI is InChI=1S/C21H27NO3/c1-13(2)20-15(12-23)18(14-4-8-25-9-5-14)19-16(22-20)10-21(6-3-7-21)11-17(19)24/h4,12-13,17,24H,3,5-11H2,1-2H3. The van der Waals surface area contributed by atoms with E-state index in [4.69, 9.17) is 9.72 Å². The summed E-state index contributed by atoms with van der Waals surface area (Å²) in [7, 11) is 0. The average Bonchev–Trinajstić information content (AvgIpc) is 2.59. The molecule has 1 saturated carbocycles. The fourth-order valence-electron chi connectivity index (χ4n) is 4.83. The molecule has 4 nitrogen and oxygen atoms in total. The predicted molar refractivity (Wildman–Crippen MR) is 96.7 cm³/mol. The van der Waals surface area contributed by atoms with Crippen molar-refractivity contribution in [3.05, 3.63) is 34.2 Å². The zero-order valence-corrected chi connectivity index (χ0v) is 15.2. The number of carbonyl (C=O) groups excluding carboxylic acids is 1. The molecule has 0 aromatic carbocycles. The Hall–Kier alpha value is -1.52. The van der Waals surface area contributed by atoms with E-state index >= 15 is 0 Å². The molecule has 0 amide bonds. The van der Waals surface area contributed by atoms with Crippen LogP contribution in [0, 0.1) is 5.41 Å². The Bertz CT molecular complexity index is 731. The maximum Gasteiger partial charge on any atom is 0.152 e. The number of nitrogens with zero attached hydrogens (tertiary/aromatic N) is 1. The summed E-state index contributed by atoms with van der Waals surface area (Å²) >= 11 is 0. The highest BCUT2D eigenvalue weighted by atomic mass is 16.5. The third kappa shape index (κ3) is 2.76. The number of aromatic nitrogens is 1. The fraction of sp³-hybridized carbons (Fsp3) is 0.619. The molecule has 2 heterocycles. The minimum Gasteiger partial charge on any atom is -0.388 e. The molecule has 4 heteroatoms. The molecule has 1 N–H and O–H groups in total.